The predicted octanol–water partition coefficient (Wildman–Crippen LogP) is 4.06. The Bertz CT molecular complexity index is 1350. The van der Waals surface area contributed by atoms with Crippen molar-refractivity contribution in [2.24, 2.45) is 0 Å². The summed E-state index contributed by atoms with van der Waals surface area (Å²) in [5.41, 5.74) is 1.26. The molecule has 3 aromatic heterocycles. The molecule has 1 aliphatic rings. The average Bonchev–Trinajstić information content (AvgIpc) is 3.48. The van der Waals surface area contributed by atoms with Gasteiger partial charge in [-0.1, -0.05) is 0 Å². The number of aromatic nitrogens is 4. The Morgan fingerprint density at radius 1 is 1.09 bits per heavy atom. The van der Waals surface area contributed by atoms with Crippen LogP contribution in [0.15, 0.2) is 54.9 Å². The van der Waals surface area contributed by atoms with Gasteiger partial charge in [0.1, 0.15) is 23.3 Å². The second-order valence-corrected chi connectivity index (χ2v) is 8.38. The monoisotopic (exact) mass is 463 g/mol. The molecule has 0 unspecified atom stereocenters. The minimum atomic E-state index is -0.473. The van der Waals surface area contributed by atoms with Gasteiger partial charge in [-0.25, -0.2) is 18.7 Å². The van der Waals surface area contributed by atoms with E-state index >= 15 is 0 Å². The first-order valence-corrected chi connectivity index (χ1v) is 10.9. The van der Waals surface area contributed by atoms with Crippen LogP contribution in [-0.4, -0.2) is 46.1 Å². The summed E-state index contributed by atoms with van der Waals surface area (Å²) in [6.45, 7) is 0.652. The van der Waals surface area contributed by atoms with Crippen molar-refractivity contribution in [1.29, 1.82) is 0 Å². The minimum absolute atomic E-state index is 0.312. The summed E-state index contributed by atoms with van der Waals surface area (Å²) in [4.78, 5) is 25.1. The largest absolute Gasteiger partial charge is 0.363 e. The van der Waals surface area contributed by atoms with Crippen molar-refractivity contribution in [3.05, 3.63) is 77.6 Å². The van der Waals surface area contributed by atoms with Gasteiger partial charge in [0.05, 0.1) is 17.8 Å². The molecule has 0 bridgehead atoms. The number of halogens is 2. The fourth-order valence-electron chi connectivity index (χ4n) is 4.21. The maximum absolute atomic E-state index is 14.5. The number of rotatable bonds is 5. The Labute approximate surface area is 194 Å². The van der Waals surface area contributed by atoms with Gasteiger partial charge in [0, 0.05) is 32.4 Å². The Hall–Kier alpha value is -4.08. The first kappa shape index (κ1) is 21.7. The molecule has 8 nitrogen and oxygen atoms in total. The van der Waals surface area contributed by atoms with E-state index in [0.717, 1.165) is 24.4 Å². The lowest BCUT2D eigenvalue weighted by molar-refractivity contribution is 0.102. The van der Waals surface area contributed by atoms with E-state index in [1.807, 2.05) is 23.9 Å². The highest BCUT2D eigenvalue weighted by molar-refractivity contribution is 6.03. The normalized spacial score (nSPS) is 15.6. The number of hydrogen-bond acceptors (Lipinski definition) is 6. The SMILES string of the molecule is CN(C)c1ccc(C(=O)Nc2cnc3ccc(N4CCC[C@@H]4c4cc(F)ccc4F)nn23)cn1. The summed E-state index contributed by atoms with van der Waals surface area (Å²) in [6, 6.07) is 10.2. The molecule has 10 heteroatoms. The first-order chi connectivity index (χ1) is 16.4. The number of fused-ring (bicyclic) bond motifs is 1. The van der Waals surface area contributed by atoms with Gasteiger partial charge in [-0.3, -0.25) is 4.79 Å². The number of nitrogens with one attached hydrogen (secondary N) is 1. The van der Waals surface area contributed by atoms with E-state index < -0.39 is 11.6 Å². The molecule has 1 fully saturated rings. The quantitative estimate of drug-likeness (QED) is 0.481. The molecule has 1 aliphatic heterocycles. The molecule has 1 N–H and O–H groups in total. The lowest BCUT2D eigenvalue weighted by atomic mass is 10.0. The highest BCUT2D eigenvalue weighted by Crippen LogP contribution is 2.36. The third kappa shape index (κ3) is 4.02. The molecule has 4 aromatic rings. The standard InChI is InChI=1S/C24H23F2N7O/c1-31(2)20-8-5-15(13-27-20)24(34)29-23-14-28-21-9-10-22(30-33(21)23)32-11-3-4-19(32)17-12-16(25)6-7-18(17)26/h5-10,12-14,19H,3-4,11H2,1-2H3,(H,29,34)/t19-/m1/s1. The van der Waals surface area contributed by atoms with Crippen LogP contribution in [0.4, 0.5) is 26.2 Å². The van der Waals surface area contributed by atoms with Crippen molar-refractivity contribution in [2.75, 3.05) is 35.8 Å². The lowest BCUT2D eigenvalue weighted by Gasteiger charge is -2.26. The van der Waals surface area contributed by atoms with E-state index in [4.69, 9.17) is 0 Å². The molecule has 1 aromatic carbocycles. The number of carbonyl (C=O) groups excluding carboxylic acids is 1. The molecule has 0 radical (unpaired) electrons. The maximum Gasteiger partial charge on any atom is 0.258 e. The van der Waals surface area contributed by atoms with Crippen molar-refractivity contribution in [3.63, 3.8) is 0 Å². The number of hydrogen-bond donors (Lipinski definition) is 1. The molecule has 0 spiro atoms. The van der Waals surface area contributed by atoms with Crippen molar-refractivity contribution >= 4 is 29.0 Å². The van der Waals surface area contributed by atoms with Crippen molar-refractivity contribution in [1.82, 2.24) is 19.6 Å². The smallest absolute Gasteiger partial charge is 0.258 e. The van der Waals surface area contributed by atoms with Gasteiger partial charge in [-0.05, 0) is 55.3 Å². The Morgan fingerprint density at radius 3 is 2.71 bits per heavy atom. The van der Waals surface area contributed by atoms with Crippen LogP contribution in [0.25, 0.3) is 5.65 Å². The molecule has 0 aliphatic carbocycles. The molecule has 5 rings (SSSR count). The topological polar surface area (TPSA) is 78.7 Å². The summed E-state index contributed by atoms with van der Waals surface area (Å²) in [5.74, 6) is 0.471. The Morgan fingerprint density at radius 2 is 1.94 bits per heavy atom. The van der Waals surface area contributed by atoms with Crippen molar-refractivity contribution in [2.45, 2.75) is 18.9 Å². The van der Waals surface area contributed by atoms with Crippen LogP contribution >= 0.6 is 0 Å². The highest BCUT2D eigenvalue weighted by atomic mass is 19.1. The molecule has 34 heavy (non-hydrogen) atoms. The van der Waals surface area contributed by atoms with Gasteiger partial charge in [-0.15, -0.1) is 5.10 Å². The Balaban J connectivity index is 1.42. The number of nitrogens with zero attached hydrogens (tertiary/aromatic N) is 6. The first-order valence-electron chi connectivity index (χ1n) is 10.9. The van der Waals surface area contributed by atoms with E-state index in [1.165, 1.54) is 23.0 Å². The summed E-state index contributed by atoms with van der Waals surface area (Å²) >= 11 is 0. The molecular weight excluding hydrogens is 440 g/mol. The molecule has 1 amide bonds. The van der Waals surface area contributed by atoms with E-state index in [-0.39, 0.29) is 11.9 Å². The van der Waals surface area contributed by atoms with Gasteiger partial charge < -0.3 is 15.1 Å². The number of anilines is 3. The summed E-state index contributed by atoms with van der Waals surface area (Å²) in [5, 5.41) is 7.48. The zero-order chi connectivity index (χ0) is 23.8. The van der Waals surface area contributed by atoms with E-state index in [9.17, 15) is 13.6 Å². The van der Waals surface area contributed by atoms with Crippen molar-refractivity contribution in [3.8, 4) is 0 Å². The molecule has 4 heterocycles. The molecular formula is C24H23F2N7O. The number of benzene rings is 1. The van der Waals surface area contributed by atoms with Crippen LogP contribution < -0.4 is 15.1 Å². The van der Waals surface area contributed by atoms with Crippen molar-refractivity contribution < 1.29 is 13.6 Å². The summed E-state index contributed by atoms with van der Waals surface area (Å²) in [7, 11) is 3.74. The van der Waals surface area contributed by atoms with Crippen LogP contribution in [0, 0.1) is 11.6 Å². The second kappa shape index (κ2) is 8.69. The zero-order valence-electron chi connectivity index (χ0n) is 18.7. The second-order valence-electron chi connectivity index (χ2n) is 8.38. The molecule has 1 saturated heterocycles. The lowest BCUT2D eigenvalue weighted by Crippen LogP contribution is -2.25. The van der Waals surface area contributed by atoms with E-state index in [1.54, 1.807) is 24.3 Å². The maximum atomic E-state index is 14.5. The van der Waals surface area contributed by atoms with E-state index in [2.05, 4.69) is 20.4 Å². The molecule has 174 valence electrons. The predicted molar refractivity (Wildman–Crippen MR) is 125 cm³/mol. The number of carbonyl (C=O) groups is 1. The molecule has 1 atom stereocenters. The molecule has 0 saturated carbocycles. The van der Waals surface area contributed by atoms with Gasteiger partial charge in [-0.2, -0.15) is 4.52 Å². The van der Waals surface area contributed by atoms with Crippen LogP contribution in [0.1, 0.15) is 34.8 Å². The van der Waals surface area contributed by atoms with Gasteiger partial charge in [0.25, 0.3) is 5.91 Å². The van der Waals surface area contributed by atoms with E-state index in [0.29, 0.717) is 41.4 Å². The Kier molecular flexibility index (Phi) is 5.56. The van der Waals surface area contributed by atoms with Gasteiger partial charge in [0.2, 0.25) is 0 Å². The van der Waals surface area contributed by atoms with Crippen LogP contribution in [0.2, 0.25) is 0 Å². The van der Waals surface area contributed by atoms with Crippen LogP contribution in [-0.2, 0) is 0 Å². The van der Waals surface area contributed by atoms with Gasteiger partial charge in [0.15, 0.2) is 11.5 Å². The third-order valence-electron chi connectivity index (χ3n) is 5.92. The fraction of sp³-hybridized carbons (Fsp3) is 0.250. The zero-order valence-corrected chi connectivity index (χ0v) is 18.7. The number of amides is 1. The number of pyridine rings is 1. The van der Waals surface area contributed by atoms with Crippen LogP contribution in [0.5, 0.6) is 0 Å². The summed E-state index contributed by atoms with van der Waals surface area (Å²) in [6.07, 6.45) is 4.54. The number of imidazole rings is 1. The fourth-order valence-corrected chi connectivity index (χ4v) is 4.21. The average molecular weight is 463 g/mol. The minimum Gasteiger partial charge on any atom is -0.363 e. The summed E-state index contributed by atoms with van der Waals surface area (Å²) < 4.78 is 29.8. The third-order valence-corrected chi connectivity index (χ3v) is 5.92. The van der Waals surface area contributed by atoms with Gasteiger partial charge >= 0.3 is 0 Å². The highest BCUT2D eigenvalue weighted by Gasteiger charge is 2.30. The van der Waals surface area contributed by atoms with Crippen LogP contribution in [0.3, 0.4) is 0 Å².